The maximum absolute atomic E-state index is 10.5. The normalized spacial score (nSPS) is 12.4. The molecule has 0 amide bonds. The summed E-state index contributed by atoms with van der Waals surface area (Å²) in [7, 11) is 0. The first-order chi connectivity index (χ1) is 16.1. The third-order valence-electron chi connectivity index (χ3n) is 5.00. The summed E-state index contributed by atoms with van der Waals surface area (Å²) in [6, 6.07) is 25.9. The van der Waals surface area contributed by atoms with E-state index >= 15 is 0 Å². The average molecular weight is 447 g/mol. The fraction of sp³-hybridized carbons (Fsp3) is 0.250. The van der Waals surface area contributed by atoms with E-state index in [1.54, 1.807) is 30.3 Å². The maximum atomic E-state index is 10.5. The molecule has 0 radical (unpaired) electrons. The third kappa shape index (κ3) is 8.60. The summed E-state index contributed by atoms with van der Waals surface area (Å²) in [4.78, 5) is 0. The van der Waals surface area contributed by atoms with Gasteiger partial charge in [-0.3, -0.25) is 0 Å². The van der Waals surface area contributed by atoms with E-state index in [1.165, 1.54) is 0 Å². The molecule has 3 aromatic rings. The van der Waals surface area contributed by atoms with Crippen molar-refractivity contribution in [3.63, 3.8) is 0 Å². The highest BCUT2D eigenvalue weighted by molar-refractivity contribution is 5.33. The minimum Gasteiger partial charge on any atom is -0.508 e. The van der Waals surface area contributed by atoms with Crippen LogP contribution < -0.4 is 4.74 Å². The second-order valence-corrected chi connectivity index (χ2v) is 7.72. The van der Waals surface area contributed by atoms with Crippen LogP contribution in [0.3, 0.4) is 0 Å². The first-order valence-corrected chi connectivity index (χ1v) is 11.0. The number of benzene rings is 3. The molecule has 0 aliphatic carbocycles. The first-order valence-electron chi connectivity index (χ1n) is 11.0. The van der Waals surface area contributed by atoms with Crippen molar-refractivity contribution >= 4 is 0 Å². The van der Waals surface area contributed by atoms with Gasteiger partial charge in [0.25, 0.3) is 0 Å². The second-order valence-electron chi connectivity index (χ2n) is 7.72. The van der Waals surface area contributed by atoms with Crippen LogP contribution in [-0.4, -0.2) is 34.6 Å². The molecule has 3 N–H and O–H groups in total. The minimum absolute atomic E-state index is 0.0565. The molecule has 0 fully saturated rings. The Hall–Kier alpha value is -3.34. The Morgan fingerprint density at radius 3 is 2.27 bits per heavy atom. The quantitative estimate of drug-likeness (QED) is 0.343. The Bertz CT molecular complexity index is 1030. The van der Waals surface area contributed by atoms with E-state index in [-0.39, 0.29) is 25.4 Å². The lowest BCUT2D eigenvalue weighted by Gasteiger charge is -2.14. The number of phenolic OH excluding ortho intramolecular Hbond substituents is 1. The number of aliphatic hydroxyl groups excluding tert-OH is 2. The largest absolute Gasteiger partial charge is 0.508 e. The summed E-state index contributed by atoms with van der Waals surface area (Å²) in [6.45, 7) is 0.870. The van der Waals surface area contributed by atoms with Crippen molar-refractivity contribution in [3.8, 4) is 11.5 Å². The van der Waals surface area contributed by atoms with Crippen LogP contribution in [0.25, 0.3) is 0 Å². The molecule has 33 heavy (non-hydrogen) atoms. The van der Waals surface area contributed by atoms with Gasteiger partial charge in [0.15, 0.2) is 0 Å². The Kier molecular flexibility index (Phi) is 9.77. The summed E-state index contributed by atoms with van der Waals surface area (Å²) in [5.74, 6) is 0.780. The van der Waals surface area contributed by atoms with Crippen molar-refractivity contribution in [2.45, 2.75) is 31.7 Å². The van der Waals surface area contributed by atoms with E-state index in [1.807, 2.05) is 60.7 Å². The first kappa shape index (κ1) is 24.3. The zero-order valence-electron chi connectivity index (χ0n) is 18.5. The van der Waals surface area contributed by atoms with E-state index in [2.05, 4.69) is 5.73 Å². The smallest absolute Gasteiger partial charge is 0.121 e. The molecule has 5 heteroatoms. The molecule has 0 spiro atoms. The van der Waals surface area contributed by atoms with Crippen LogP contribution >= 0.6 is 0 Å². The number of phenols is 1. The fourth-order valence-corrected chi connectivity index (χ4v) is 3.29. The van der Waals surface area contributed by atoms with E-state index in [9.17, 15) is 15.3 Å². The molecule has 172 valence electrons. The van der Waals surface area contributed by atoms with Crippen molar-refractivity contribution < 1.29 is 24.8 Å². The molecule has 0 aliphatic rings. The zero-order valence-corrected chi connectivity index (χ0v) is 18.5. The van der Waals surface area contributed by atoms with Gasteiger partial charge in [-0.15, -0.1) is 5.73 Å². The Labute approximate surface area is 194 Å². The number of ether oxygens (including phenoxy) is 2. The maximum Gasteiger partial charge on any atom is 0.121 e. The molecule has 0 heterocycles. The molecule has 5 nitrogen and oxygen atoms in total. The molecular formula is C28H30O5. The number of hydrogen-bond donors (Lipinski definition) is 3. The number of rotatable bonds is 12. The number of hydrogen-bond acceptors (Lipinski definition) is 5. The van der Waals surface area contributed by atoms with Gasteiger partial charge in [0.1, 0.15) is 18.1 Å². The van der Waals surface area contributed by atoms with Crippen LogP contribution in [0.5, 0.6) is 11.5 Å². The summed E-state index contributed by atoms with van der Waals surface area (Å²) >= 11 is 0. The second kappa shape index (κ2) is 13.3. The minimum atomic E-state index is -0.853. The average Bonchev–Trinajstić information content (AvgIpc) is 2.84. The Morgan fingerprint density at radius 1 is 0.879 bits per heavy atom. The topological polar surface area (TPSA) is 79.2 Å². The van der Waals surface area contributed by atoms with Gasteiger partial charge in [0, 0.05) is 24.0 Å². The van der Waals surface area contributed by atoms with Crippen LogP contribution in [0.1, 0.15) is 30.1 Å². The van der Waals surface area contributed by atoms with E-state index < -0.39 is 12.2 Å². The van der Waals surface area contributed by atoms with Crippen LogP contribution in [-0.2, 0) is 11.3 Å². The SMILES string of the molecule is Oc1ccccc1[C@H](O)CC=C=C(COc1ccccc1)C[C@@H](O)COCc1ccccc1. The predicted molar refractivity (Wildman–Crippen MR) is 128 cm³/mol. The number of aliphatic hydroxyl groups is 2. The number of para-hydroxylation sites is 2. The van der Waals surface area contributed by atoms with Crippen molar-refractivity contribution in [1.29, 1.82) is 0 Å². The molecule has 0 saturated carbocycles. The van der Waals surface area contributed by atoms with Gasteiger partial charge in [0.2, 0.25) is 0 Å². The fourth-order valence-electron chi connectivity index (χ4n) is 3.29. The molecule has 3 aromatic carbocycles. The molecule has 3 rings (SSSR count). The highest BCUT2D eigenvalue weighted by atomic mass is 16.5. The Morgan fingerprint density at radius 2 is 1.55 bits per heavy atom. The van der Waals surface area contributed by atoms with Gasteiger partial charge in [-0.25, -0.2) is 0 Å². The highest BCUT2D eigenvalue weighted by Crippen LogP contribution is 2.26. The molecule has 0 bridgehead atoms. The molecule has 2 atom stereocenters. The molecular weight excluding hydrogens is 416 g/mol. The summed E-state index contributed by atoms with van der Waals surface area (Å²) in [6.07, 6.45) is 0.733. The summed E-state index contributed by atoms with van der Waals surface area (Å²) in [5.41, 5.74) is 5.42. The summed E-state index contributed by atoms with van der Waals surface area (Å²) in [5, 5.41) is 30.8. The van der Waals surface area contributed by atoms with E-state index in [0.29, 0.717) is 18.6 Å². The van der Waals surface area contributed by atoms with E-state index in [0.717, 1.165) is 16.9 Å². The predicted octanol–water partition coefficient (Wildman–Crippen LogP) is 4.94. The van der Waals surface area contributed by atoms with Crippen molar-refractivity contribution in [1.82, 2.24) is 0 Å². The molecule has 0 saturated heterocycles. The highest BCUT2D eigenvalue weighted by Gasteiger charge is 2.11. The lowest BCUT2D eigenvalue weighted by atomic mass is 10.0. The van der Waals surface area contributed by atoms with Gasteiger partial charge in [0.05, 0.1) is 25.4 Å². The van der Waals surface area contributed by atoms with Crippen molar-refractivity contribution in [2.24, 2.45) is 0 Å². The van der Waals surface area contributed by atoms with Crippen LogP contribution in [0, 0.1) is 0 Å². The number of aromatic hydroxyl groups is 1. The zero-order chi connectivity index (χ0) is 23.3. The molecule has 0 aliphatic heterocycles. The lowest BCUT2D eigenvalue weighted by molar-refractivity contribution is 0.0280. The van der Waals surface area contributed by atoms with Gasteiger partial charge < -0.3 is 24.8 Å². The van der Waals surface area contributed by atoms with Gasteiger partial charge in [-0.1, -0.05) is 66.7 Å². The summed E-state index contributed by atoms with van der Waals surface area (Å²) < 4.78 is 11.5. The van der Waals surface area contributed by atoms with E-state index in [4.69, 9.17) is 9.47 Å². The van der Waals surface area contributed by atoms with Gasteiger partial charge >= 0.3 is 0 Å². The lowest BCUT2D eigenvalue weighted by Crippen LogP contribution is -2.18. The van der Waals surface area contributed by atoms with Crippen LogP contribution in [0.4, 0.5) is 0 Å². The van der Waals surface area contributed by atoms with Gasteiger partial charge in [-0.2, -0.15) is 0 Å². The Balaban J connectivity index is 1.60. The third-order valence-corrected chi connectivity index (χ3v) is 5.00. The van der Waals surface area contributed by atoms with Gasteiger partial charge in [-0.05, 0) is 29.8 Å². The molecule has 0 aromatic heterocycles. The van der Waals surface area contributed by atoms with Crippen molar-refractivity contribution in [2.75, 3.05) is 13.2 Å². The monoisotopic (exact) mass is 446 g/mol. The van der Waals surface area contributed by atoms with Crippen LogP contribution in [0.15, 0.2) is 102 Å². The standard InChI is InChI=1S/C28H30O5/c29-24(21-32-19-22-10-3-1-4-11-22)18-23(20-33-25-13-5-2-6-14-25)12-9-17-28(31)26-15-7-8-16-27(26)30/h1-11,13-16,24,28-31H,17-21H2/t12?,24-,28-/m1/s1. The molecule has 0 unspecified atom stereocenters. The van der Waals surface area contributed by atoms with Crippen LogP contribution in [0.2, 0.25) is 0 Å². The van der Waals surface area contributed by atoms with Crippen molar-refractivity contribution in [3.05, 3.63) is 113 Å².